The van der Waals surface area contributed by atoms with E-state index in [9.17, 15) is 0 Å². The fourth-order valence-electron chi connectivity index (χ4n) is 4.13. The molecule has 4 heterocycles. The molecule has 0 amide bonds. The predicted octanol–water partition coefficient (Wildman–Crippen LogP) is 3.07. The zero-order valence-corrected chi connectivity index (χ0v) is 16.9. The Bertz CT molecular complexity index is 1220. The van der Waals surface area contributed by atoms with Gasteiger partial charge in [-0.15, -0.1) is 0 Å². The van der Waals surface area contributed by atoms with Crippen LogP contribution in [0, 0.1) is 12.3 Å². The SMILES string of the molecule is CCC1(C)Cc2[nH]nc(-c3cnc4nn(Cc5cnc(C)nc5N)cc4c3)c2C1. The lowest BCUT2D eigenvalue weighted by Crippen LogP contribution is -2.15. The summed E-state index contributed by atoms with van der Waals surface area (Å²) in [5.41, 5.74) is 12.5. The van der Waals surface area contributed by atoms with Gasteiger partial charge < -0.3 is 5.73 Å². The first kappa shape index (κ1) is 17.8. The topological polar surface area (TPSA) is 111 Å². The van der Waals surface area contributed by atoms with Crippen molar-refractivity contribution < 1.29 is 0 Å². The molecule has 0 radical (unpaired) electrons. The number of H-pyrrole nitrogens is 1. The van der Waals surface area contributed by atoms with Crippen LogP contribution in [0.4, 0.5) is 5.82 Å². The number of rotatable bonds is 4. The first-order valence-electron chi connectivity index (χ1n) is 9.92. The van der Waals surface area contributed by atoms with E-state index >= 15 is 0 Å². The number of nitrogens with one attached hydrogen (secondary N) is 1. The number of hydrogen-bond acceptors (Lipinski definition) is 6. The number of anilines is 1. The normalized spacial score (nSPS) is 18.4. The van der Waals surface area contributed by atoms with E-state index in [4.69, 9.17) is 5.73 Å². The fourth-order valence-corrected chi connectivity index (χ4v) is 4.13. The van der Waals surface area contributed by atoms with Crippen LogP contribution in [-0.4, -0.2) is 34.9 Å². The zero-order chi connectivity index (χ0) is 20.2. The van der Waals surface area contributed by atoms with Crippen LogP contribution in [-0.2, 0) is 19.4 Å². The van der Waals surface area contributed by atoms with E-state index in [1.165, 1.54) is 11.3 Å². The third-order valence-electron chi connectivity index (χ3n) is 6.04. The quantitative estimate of drug-likeness (QED) is 0.556. The van der Waals surface area contributed by atoms with Crippen molar-refractivity contribution in [2.45, 2.75) is 46.6 Å². The molecule has 1 atom stereocenters. The molecule has 0 saturated carbocycles. The molecule has 8 nitrogen and oxygen atoms in total. The highest BCUT2D eigenvalue weighted by Gasteiger charge is 2.35. The number of pyridine rings is 1. The third kappa shape index (κ3) is 3.04. The lowest BCUT2D eigenvalue weighted by molar-refractivity contribution is 0.329. The molecule has 4 aromatic rings. The van der Waals surface area contributed by atoms with Gasteiger partial charge in [0.15, 0.2) is 5.65 Å². The molecule has 8 heteroatoms. The smallest absolute Gasteiger partial charge is 0.181 e. The summed E-state index contributed by atoms with van der Waals surface area (Å²) in [7, 11) is 0. The van der Waals surface area contributed by atoms with Crippen LogP contribution in [0.5, 0.6) is 0 Å². The summed E-state index contributed by atoms with van der Waals surface area (Å²) in [5.74, 6) is 1.14. The van der Waals surface area contributed by atoms with Crippen molar-refractivity contribution in [1.29, 1.82) is 0 Å². The second kappa shape index (κ2) is 6.37. The average Bonchev–Trinajstić information content (AvgIpc) is 3.35. The number of fused-ring (bicyclic) bond motifs is 2. The van der Waals surface area contributed by atoms with Gasteiger partial charge in [0.25, 0.3) is 0 Å². The number of nitrogen functional groups attached to an aromatic ring is 1. The van der Waals surface area contributed by atoms with Gasteiger partial charge in [-0.1, -0.05) is 20.3 Å². The molecular weight excluding hydrogens is 364 g/mol. The Labute approximate surface area is 168 Å². The van der Waals surface area contributed by atoms with E-state index in [1.54, 1.807) is 6.20 Å². The maximum Gasteiger partial charge on any atom is 0.181 e. The Hall–Kier alpha value is -3.29. The Morgan fingerprint density at radius 2 is 2.10 bits per heavy atom. The first-order valence-corrected chi connectivity index (χ1v) is 9.92. The monoisotopic (exact) mass is 388 g/mol. The largest absolute Gasteiger partial charge is 0.383 e. The Kier molecular flexibility index (Phi) is 3.90. The van der Waals surface area contributed by atoms with E-state index in [1.807, 2.05) is 24.0 Å². The van der Waals surface area contributed by atoms with E-state index in [0.29, 0.717) is 29.2 Å². The van der Waals surface area contributed by atoms with E-state index in [0.717, 1.165) is 41.5 Å². The van der Waals surface area contributed by atoms with Gasteiger partial charge >= 0.3 is 0 Å². The summed E-state index contributed by atoms with van der Waals surface area (Å²) >= 11 is 0. The van der Waals surface area contributed by atoms with Gasteiger partial charge in [0.2, 0.25) is 0 Å². The minimum absolute atomic E-state index is 0.317. The maximum atomic E-state index is 6.02. The van der Waals surface area contributed by atoms with Crippen LogP contribution in [0.2, 0.25) is 0 Å². The molecule has 4 aromatic heterocycles. The van der Waals surface area contributed by atoms with E-state index < -0.39 is 0 Å². The Morgan fingerprint density at radius 1 is 1.24 bits per heavy atom. The lowest BCUT2D eigenvalue weighted by atomic mass is 9.84. The standard InChI is InChI=1S/C21H24N8/c1-4-21(3)6-16-17(7-21)26-27-18(16)13-5-14-10-29(28-20(14)24-8-13)11-15-9-23-12(2)25-19(15)22/h5,8-10H,4,6-7,11H2,1-3H3,(H,26,27)(H2,22,23,25). The molecule has 29 heavy (non-hydrogen) atoms. The van der Waals surface area contributed by atoms with Gasteiger partial charge in [-0.2, -0.15) is 10.2 Å². The number of hydrogen-bond donors (Lipinski definition) is 2. The van der Waals surface area contributed by atoms with Crippen molar-refractivity contribution >= 4 is 16.9 Å². The van der Waals surface area contributed by atoms with Gasteiger partial charge in [0.1, 0.15) is 11.6 Å². The van der Waals surface area contributed by atoms with Crippen molar-refractivity contribution in [3.05, 3.63) is 47.3 Å². The molecule has 0 saturated heterocycles. The summed E-state index contributed by atoms with van der Waals surface area (Å²) in [6.45, 7) is 6.93. The van der Waals surface area contributed by atoms with Crippen molar-refractivity contribution in [2.75, 3.05) is 5.73 Å². The molecule has 0 spiro atoms. The maximum absolute atomic E-state index is 6.02. The summed E-state index contributed by atoms with van der Waals surface area (Å²) < 4.78 is 1.83. The van der Waals surface area contributed by atoms with E-state index in [-0.39, 0.29) is 0 Å². The minimum Gasteiger partial charge on any atom is -0.383 e. The number of aryl methyl sites for hydroxylation is 1. The first-order chi connectivity index (χ1) is 13.9. The van der Waals surface area contributed by atoms with Crippen molar-refractivity contribution in [1.82, 2.24) is 34.9 Å². The summed E-state index contributed by atoms with van der Waals surface area (Å²) in [4.78, 5) is 13.0. The minimum atomic E-state index is 0.317. The van der Waals surface area contributed by atoms with Crippen molar-refractivity contribution in [3.8, 4) is 11.3 Å². The number of aromatic amines is 1. The predicted molar refractivity (Wildman–Crippen MR) is 111 cm³/mol. The third-order valence-corrected chi connectivity index (χ3v) is 6.04. The van der Waals surface area contributed by atoms with Crippen LogP contribution >= 0.6 is 0 Å². The second-order valence-corrected chi connectivity index (χ2v) is 8.34. The molecule has 5 rings (SSSR count). The fraction of sp³-hybridized carbons (Fsp3) is 0.381. The molecular formula is C21H24N8. The van der Waals surface area contributed by atoms with Crippen LogP contribution in [0.3, 0.4) is 0 Å². The summed E-state index contributed by atoms with van der Waals surface area (Å²) in [5, 5.41) is 13.4. The van der Waals surface area contributed by atoms with Crippen LogP contribution in [0.1, 0.15) is 42.9 Å². The molecule has 0 aliphatic heterocycles. The Balaban J connectivity index is 1.47. The van der Waals surface area contributed by atoms with Gasteiger partial charge in [-0.05, 0) is 31.2 Å². The van der Waals surface area contributed by atoms with Gasteiger partial charge in [-0.3, -0.25) is 9.78 Å². The average molecular weight is 388 g/mol. The van der Waals surface area contributed by atoms with Crippen molar-refractivity contribution in [3.63, 3.8) is 0 Å². The Morgan fingerprint density at radius 3 is 2.90 bits per heavy atom. The van der Waals surface area contributed by atoms with Crippen molar-refractivity contribution in [2.24, 2.45) is 5.41 Å². The number of aromatic nitrogens is 7. The van der Waals surface area contributed by atoms with Crippen LogP contribution < -0.4 is 5.73 Å². The zero-order valence-electron chi connectivity index (χ0n) is 16.9. The highest BCUT2D eigenvalue weighted by atomic mass is 15.3. The molecule has 1 aliphatic rings. The molecule has 0 fully saturated rings. The van der Waals surface area contributed by atoms with Gasteiger partial charge in [-0.25, -0.2) is 15.0 Å². The molecule has 148 valence electrons. The lowest BCUT2D eigenvalue weighted by Gasteiger charge is -2.20. The number of nitrogens with two attached hydrogens (primary N) is 1. The molecule has 1 unspecified atom stereocenters. The molecule has 0 bridgehead atoms. The number of nitrogens with zero attached hydrogens (tertiary/aromatic N) is 6. The highest BCUT2D eigenvalue weighted by Crippen LogP contribution is 2.42. The molecule has 1 aliphatic carbocycles. The summed E-state index contributed by atoms with van der Waals surface area (Å²) in [6.07, 6.45) is 8.86. The van der Waals surface area contributed by atoms with Crippen LogP contribution in [0.25, 0.3) is 22.3 Å². The highest BCUT2D eigenvalue weighted by molar-refractivity contribution is 5.80. The molecule has 3 N–H and O–H groups in total. The van der Waals surface area contributed by atoms with Crippen LogP contribution in [0.15, 0.2) is 24.7 Å². The summed E-state index contributed by atoms with van der Waals surface area (Å²) in [6, 6.07) is 2.11. The van der Waals surface area contributed by atoms with Gasteiger partial charge in [0.05, 0.1) is 12.2 Å². The van der Waals surface area contributed by atoms with E-state index in [2.05, 4.69) is 50.2 Å². The molecule has 0 aromatic carbocycles. The van der Waals surface area contributed by atoms with Gasteiger partial charge in [0, 0.05) is 46.4 Å². The second-order valence-electron chi connectivity index (χ2n) is 8.34.